The van der Waals surface area contributed by atoms with Crippen LogP contribution in [0, 0.1) is 0 Å². The summed E-state index contributed by atoms with van der Waals surface area (Å²) in [6.45, 7) is 8.93. The molecule has 1 saturated carbocycles. The Hall–Kier alpha value is -1.32. The van der Waals surface area contributed by atoms with Crippen LogP contribution < -0.4 is 5.32 Å². The molecule has 1 N–H and O–H groups in total. The van der Waals surface area contributed by atoms with Gasteiger partial charge in [0.15, 0.2) is 0 Å². The van der Waals surface area contributed by atoms with Crippen LogP contribution in [0.1, 0.15) is 39.2 Å². The molecule has 1 aliphatic carbocycles. The van der Waals surface area contributed by atoms with Crippen molar-refractivity contribution < 1.29 is 4.74 Å². The molecule has 1 aliphatic rings. The van der Waals surface area contributed by atoms with E-state index in [1.807, 2.05) is 0 Å². The molecule has 0 radical (unpaired) electrons. The minimum absolute atomic E-state index is 0.0672. The Bertz CT molecular complexity index is 605. The SMILES string of the molecule is CC(C)(C)OCCn1ccc2c(CNC3CC3)cccc21. The van der Waals surface area contributed by atoms with Crippen LogP contribution in [0.3, 0.4) is 0 Å². The van der Waals surface area contributed by atoms with Gasteiger partial charge in [0.05, 0.1) is 12.2 Å². The summed E-state index contributed by atoms with van der Waals surface area (Å²) >= 11 is 0. The summed E-state index contributed by atoms with van der Waals surface area (Å²) in [5, 5.41) is 4.97. The maximum atomic E-state index is 5.84. The minimum atomic E-state index is -0.0672. The fourth-order valence-electron chi connectivity index (χ4n) is 2.63. The molecule has 0 unspecified atom stereocenters. The van der Waals surface area contributed by atoms with E-state index in [4.69, 9.17) is 4.74 Å². The Morgan fingerprint density at radius 2 is 2.05 bits per heavy atom. The largest absolute Gasteiger partial charge is 0.374 e. The Balaban J connectivity index is 1.70. The summed E-state index contributed by atoms with van der Waals surface area (Å²) in [5.41, 5.74) is 2.64. The Labute approximate surface area is 127 Å². The van der Waals surface area contributed by atoms with Gasteiger partial charge in [0.2, 0.25) is 0 Å². The van der Waals surface area contributed by atoms with E-state index in [9.17, 15) is 0 Å². The standard InChI is InChI=1S/C18H26N2O/c1-18(2,3)21-12-11-20-10-9-16-14(5-4-6-17(16)20)13-19-15-7-8-15/h4-6,9-10,15,19H,7-8,11-13H2,1-3H3. The second kappa shape index (κ2) is 5.82. The zero-order chi connectivity index (χ0) is 14.9. The summed E-state index contributed by atoms with van der Waals surface area (Å²) in [7, 11) is 0. The molecule has 114 valence electrons. The number of nitrogens with zero attached hydrogens (tertiary/aromatic N) is 1. The summed E-state index contributed by atoms with van der Waals surface area (Å²) in [5.74, 6) is 0. The van der Waals surface area contributed by atoms with Gasteiger partial charge in [-0.1, -0.05) is 12.1 Å². The number of rotatable bonds is 6. The molecule has 0 spiro atoms. The second-order valence-electron chi connectivity index (χ2n) is 6.98. The van der Waals surface area contributed by atoms with Crippen LogP contribution in [0.2, 0.25) is 0 Å². The van der Waals surface area contributed by atoms with Crippen molar-refractivity contribution in [3.63, 3.8) is 0 Å². The van der Waals surface area contributed by atoms with Crippen molar-refractivity contribution in [3.8, 4) is 0 Å². The van der Waals surface area contributed by atoms with E-state index < -0.39 is 0 Å². The quantitative estimate of drug-likeness (QED) is 0.876. The van der Waals surface area contributed by atoms with Crippen molar-refractivity contribution in [2.75, 3.05) is 6.61 Å². The highest BCUT2D eigenvalue weighted by Gasteiger charge is 2.20. The van der Waals surface area contributed by atoms with Gasteiger partial charge in [-0.15, -0.1) is 0 Å². The molecular weight excluding hydrogens is 260 g/mol. The molecule has 3 rings (SSSR count). The van der Waals surface area contributed by atoms with E-state index >= 15 is 0 Å². The normalized spacial score (nSPS) is 15.8. The minimum Gasteiger partial charge on any atom is -0.374 e. The molecule has 0 saturated heterocycles. The van der Waals surface area contributed by atoms with Gasteiger partial charge in [-0.3, -0.25) is 0 Å². The van der Waals surface area contributed by atoms with Crippen molar-refractivity contribution >= 4 is 10.9 Å². The zero-order valence-corrected chi connectivity index (χ0v) is 13.4. The molecule has 1 aromatic carbocycles. The molecule has 3 heteroatoms. The van der Waals surface area contributed by atoms with Gasteiger partial charge in [0.25, 0.3) is 0 Å². The molecule has 0 amide bonds. The van der Waals surface area contributed by atoms with Crippen LogP contribution in [0.15, 0.2) is 30.5 Å². The summed E-state index contributed by atoms with van der Waals surface area (Å²) in [4.78, 5) is 0. The first-order valence-corrected chi connectivity index (χ1v) is 7.97. The molecule has 3 nitrogen and oxygen atoms in total. The predicted octanol–water partition coefficient (Wildman–Crippen LogP) is 3.71. The van der Waals surface area contributed by atoms with Gasteiger partial charge >= 0.3 is 0 Å². The van der Waals surface area contributed by atoms with Gasteiger partial charge in [-0.25, -0.2) is 0 Å². The topological polar surface area (TPSA) is 26.2 Å². The van der Waals surface area contributed by atoms with Gasteiger partial charge in [-0.2, -0.15) is 0 Å². The van der Waals surface area contributed by atoms with Gasteiger partial charge in [0.1, 0.15) is 0 Å². The van der Waals surface area contributed by atoms with Crippen LogP contribution >= 0.6 is 0 Å². The lowest BCUT2D eigenvalue weighted by molar-refractivity contribution is -0.00644. The maximum Gasteiger partial charge on any atom is 0.0652 e. The van der Waals surface area contributed by atoms with E-state index in [-0.39, 0.29) is 5.60 Å². The first kappa shape index (κ1) is 14.6. The number of nitrogens with one attached hydrogen (secondary N) is 1. The highest BCUT2D eigenvalue weighted by atomic mass is 16.5. The first-order valence-electron chi connectivity index (χ1n) is 7.97. The highest BCUT2D eigenvalue weighted by Crippen LogP contribution is 2.23. The number of ether oxygens (including phenoxy) is 1. The molecular formula is C18H26N2O. The van der Waals surface area contributed by atoms with Crippen LogP contribution in [-0.2, 0) is 17.8 Å². The van der Waals surface area contributed by atoms with Gasteiger partial charge in [0, 0.05) is 36.2 Å². The molecule has 0 aliphatic heterocycles. The van der Waals surface area contributed by atoms with Crippen molar-refractivity contribution in [1.29, 1.82) is 0 Å². The number of hydrogen-bond donors (Lipinski definition) is 1. The average Bonchev–Trinajstić information content (AvgIpc) is 3.16. The van der Waals surface area contributed by atoms with Crippen LogP contribution in [-0.4, -0.2) is 22.8 Å². The summed E-state index contributed by atoms with van der Waals surface area (Å²) in [6, 6.07) is 9.58. The molecule has 1 aromatic heterocycles. The zero-order valence-electron chi connectivity index (χ0n) is 13.4. The number of fused-ring (bicyclic) bond motifs is 1. The fraction of sp³-hybridized carbons (Fsp3) is 0.556. The lowest BCUT2D eigenvalue weighted by Crippen LogP contribution is -2.21. The number of aromatic nitrogens is 1. The third-order valence-corrected chi connectivity index (χ3v) is 3.93. The number of hydrogen-bond acceptors (Lipinski definition) is 2. The molecule has 21 heavy (non-hydrogen) atoms. The van der Waals surface area contributed by atoms with E-state index in [1.165, 1.54) is 29.3 Å². The van der Waals surface area contributed by atoms with Crippen molar-refractivity contribution in [3.05, 3.63) is 36.0 Å². The van der Waals surface area contributed by atoms with Gasteiger partial charge in [-0.05, 0) is 51.3 Å². The monoisotopic (exact) mass is 286 g/mol. The third-order valence-electron chi connectivity index (χ3n) is 3.93. The summed E-state index contributed by atoms with van der Waals surface area (Å²) in [6.07, 6.45) is 4.85. The molecule has 0 atom stereocenters. The third kappa shape index (κ3) is 3.86. The van der Waals surface area contributed by atoms with Crippen molar-refractivity contribution in [2.24, 2.45) is 0 Å². The lowest BCUT2D eigenvalue weighted by atomic mass is 10.1. The smallest absolute Gasteiger partial charge is 0.0652 e. The highest BCUT2D eigenvalue weighted by molar-refractivity contribution is 5.83. The Kier molecular flexibility index (Phi) is 4.05. The second-order valence-corrected chi connectivity index (χ2v) is 6.98. The van der Waals surface area contributed by atoms with Crippen LogP contribution in [0.25, 0.3) is 10.9 Å². The van der Waals surface area contributed by atoms with Crippen LogP contribution in [0.4, 0.5) is 0 Å². The van der Waals surface area contributed by atoms with E-state index in [0.29, 0.717) is 0 Å². The fourth-order valence-corrected chi connectivity index (χ4v) is 2.63. The van der Waals surface area contributed by atoms with Crippen LogP contribution in [0.5, 0.6) is 0 Å². The Morgan fingerprint density at radius 3 is 2.76 bits per heavy atom. The average molecular weight is 286 g/mol. The first-order chi connectivity index (χ1) is 10.0. The van der Waals surface area contributed by atoms with Crippen molar-refractivity contribution in [1.82, 2.24) is 9.88 Å². The van der Waals surface area contributed by atoms with E-state index in [2.05, 4.69) is 61.1 Å². The van der Waals surface area contributed by atoms with E-state index in [0.717, 1.165) is 25.7 Å². The molecule has 1 fully saturated rings. The van der Waals surface area contributed by atoms with E-state index in [1.54, 1.807) is 0 Å². The molecule has 0 bridgehead atoms. The summed E-state index contributed by atoms with van der Waals surface area (Å²) < 4.78 is 8.13. The maximum absolute atomic E-state index is 5.84. The molecule has 1 heterocycles. The molecule has 2 aromatic rings. The van der Waals surface area contributed by atoms with Crippen molar-refractivity contribution in [2.45, 2.75) is 58.3 Å². The number of benzene rings is 1. The Morgan fingerprint density at radius 1 is 1.24 bits per heavy atom. The van der Waals surface area contributed by atoms with Gasteiger partial charge < -0.3 is 14.6 Å². The predicted molar refractivity (Wildman–Crippen MR) is 87.5 cm³/mol. The lowest BCUT2D eigenvalue weighted by Gasteiger charge is -2.19.